The number of esters is 1. The van der Waals surface area contributed by atoms with Gasteiger partial charge in [-0.15, -0.1) is 0 Å². The van der Waals surface area contributed by atoms with Crippen LogP contribution in [0.4, 0.5) is 0 Å². The van der Waals surface area contributed by atoms with Gasteiger partial charge in [0.05, 0.1) is 25.2 Å². The van der Waals surface area contributed by atoms with Crippen LogP contribution in [-0.2, 0) is 4.74 Å². The van der Waals surface area contributed by atoms with Crippen LogP contribution in [0.1, 0.15) is 44.0 Å². The summed E-state index contributed by atoms with van der Waals surface area (Å²) in [7, 11) is 0. The van der Waals surface area contributed by atoms with Crippen LogP contribution in [0, 0.1) is 0 Å². The van der Waals surface area contributed by atoms with Gasteiger partial charge in [0, 0.05) is 0 Å². The van der Waals surface area contributed by atoms with E-state index in [0.29, 0.717) is 12.2 Å². The van der Waals surface area contributed by atoms with Crippen LogP contribution < -0.4 is 0 Å². The Labute approximate surface area is 123 Å². The summed E-state index contributed by atoms with van der Waals surface area (Å²) in [6, 6.07) is 9.21. The Balaban J connectivity index is 2.50. The van der Waals surface area contributed by atoms with Crippen LogP contribution in [-0.4, -0.2) is 43.2 Å². The average Bonchev–Trinajstić information content (AvgIpc) is 2.48. The first-order valence-electron chi connectivity index (χ1n) is 7.74. The van der Waals surface area contributed by atoms with E-state index in [1.165, 1.54) is 12.8 Å². The van der Waals surface area contributed by atoms with Crippen molar-refractivity contribution in [2.24, 2.45) is 0 Å². The van der Waals surface area contributed by atoms with Gasteiger partial charge in [-0.3, -0.25) is 0 Å². The number of hydrogen-bond donors (Lipinski definition) is 0. The Kier molecular flexibility index (Phi) is 7.31. The van der Waals surface area contributed by atoms with Gasteiger partial charge < -0.3 is 9.22 Å². The van der Waals surface area contributed by atoms with E-state index in [1.807, 2.05) is 18.2 Å². The molecule has 3 nitrogen and oxygen atoms in total. The fourth-order valence-electron chi connectivity index (χ4n) is 2.75. The molecule has 0 unspecified atom stereocenters. The molecule has 0 aliphatic carbocycles. The molecule has 0 heterocycles. The highest BCUT2D eigenvalue weighted by atomic mass is 16.5. The Morgan fingerprint density at radius 3 is 2.10 bits per heavy atom. The van der Waals surface area contributed by atoms with Gasteiger partial charge in [-0.2, -0.15) is 0 Å². The largest absolute Gasteiger partial charge is 0.456 e. The molecule has 0 aromatic heterocycles. The Morgan fingerprint density at radius 2 is 1.60 bits per heavy atom. The lowest BCUT2D eigenvalue weighted by Gasteiger charge is -2.37. The third kappa shape index (κ3) is 4.97. The molecule has 3 heteroatoms. The molecule has 0 saturated carbocycles. The van der Waals surface area contributed by atoms with Crippen LogP contribution in [0.2, 0.25) is 0 Å². The van der Waals surface area contributed by atoms with Crippen molar-refractivity contribution in [3.8, 4) is 0 Å². The van der Waals surface area contributed by atoms with Gasteiger partial charge in [-0.1, -0.05) is 32.0 Å². The number of rotatable bonds is 9. The summed E-state index contributed by atoms with van der Waals surface area (Å²) < 4.78 is 6.47. The minimum atomic E-state index is -0.215. The number of carbonyl (C=O) groups excluding carboxylic acids is 1. The van der Waals surface area contributed by atoms with Crippen molar-refractivity contribution in [1.29, 1.82) is 0 Å². The molecule has 112 valence electrons. The second-order valence-electron chi connectivity index (χ2n) is 5.33. The summed E-state index contributed by atoms with van der Waals surface area (Å²) in [6.45, 7) is 11.5. The number of ether oxygens (including phenoxy) is 1. The van der Waals surface area contributed by atoms with E-state index < -0.39 is 0 Å². The first-order valence-corrected chi connectivity index (χ1v) is 7.74. The molecular weight excluding hydrogens is 250 g/mol. The molecule has 0 radical (unpaired) electrons. The molecule has 0 N–H and O–H groups in total. The fourth-order valence-corrected chi connectivity index (χ4v) is 2.75. The molecule has 0 fully saturated rings. The maximum absolute atomic E-state index is 11.9. The third-order valence-electron chi connectivity index (χ3n) is 3.87. The zero-order valence-corrected chi connectivity index (χ0v) is 13.1. The lowest BCUT2D eigenvalue weighted by molar-refractivity contribution is -0.926. The second kappa shape index (κ2) is 8.75. The molecule has 0 aliphatic rings. The zero-order chi connectivity index (χ0) is 14.8. The van der Waals surface area contributed by atoms with Crippen molar-refractivity contribution in [2.75, 3.05) is 32.8 Å². The van der Waals surface area contributed by atoms with Gasteiger partial charge in [0.15, 0.2) is 0 Å². The summed E-state index contributed by atoms with van der Waals surface area (Å²) in [4.78, 5) is 11.9. The summed E-state index contributed by atoms with van der Waals surface area (Å²) in [6.07, 6.45) is 2.33. The number of hydrogen-bond acceptors (Lipinski definition) is 2. The van der Waals surface area contributed by atoms with E-state index in [2.05, 4.69) is 20.8 Å². The predicted molar refractivity (Wildman–Crippen MR) is 82.7 cm³/mol. The van der Waals surface area contributed by atoms with E-state index in [1.54, 1.807) is 12.1 Å². The lowest BCUT2D eigenvalue weighted by Crippen LogP contribution is -2.51. The molecule has 0 amide bonds. The van der Waals surface area contributed by atoms with Crippen LogP contribution in [0.5, 0.6) is 0 Å². The minimum absolute atomic E-state index is 0.215. The third-order valence-corrected chi connectivity index (χ3v) is 3.87. The molecule has 1 aromatic rings. The maximum Gasteiger partial charge on any atom is 0.338 e. The average molecular weight is 278 g/mol. The highest BCUT2D eigenvalue weighted by Gasteiger charge is 2.23. The lowest BCUT2D eigenvalue weighted by atomic mass is 10.2. The van der Waals surface area contributed by atoms with E-state index >= 15 is 0 Å². The molecule has 20 heavy (non-hydrogen) atoms. The maximum atomic E-state index is 11.9. The van der Waals surface area contributed by atoms with Crippen molar-refractivity contribution < 1.29 is 14.0 Å². The van der Waals surface area contributed by atoms with Crippen LogP contribution in [0.3, 0.4) is 0 Å². The summed E-state index contributed by atoms with van der Waals surface area (Å²) in [5, 5.41) is 0. The Bertz CT molecular complexity index is 383. The van der Waals surface area contributed by atoms with Crippen LogP contribution in [0.15, 0.2) is 30.3 Å². The predicted octanol–water partition coefficient (Wildman–Crippen LogP) is 3.50. The number of carbonyl (C=O) groups is 1. The molecule has 0 bridgehead atoms. The summed E-state index contributed by atoms with van der Waals surface area (Å²) >= 11 is 0. The van der Waals surface area contributed by atoms with Gasteiger partial charge >= 0.3 is 5.97 Å². The minimum Gasteiger partial charge on any atom is -0.456 e. The van der Waals surface area contributed by atoms with Crippen molar-refractivity contribution in [1.82, 2.24) is 0 Å². The molecule has 0 aliphatic heterocycles. The topological polar surface area (TPSA) is 26.3 Å². The van der Waals surface area contributed by atoms with E-state index in [0.717, 1.165) is 30.7 Å². The first kappa shape index (κ1) is 16.7. The first-order chi connectivity index (χ1) is 9.67. The quantitative estimate of drug-likeness (QED) is 0.510. The van der Waals surface area contributed by atoms with E-state index in [-0.39, 0.29) is 5.97 Å². The zero-order valence-electron chi connectivity index (χ0n) is 13.1. The van der Waals surface area contributed by atoms with Crippen molar-refractivity contribution in [2.45, 2.75) is 33.6 Å². The van der Waals surface area contributed by atoms with Crippen molar-refractivity contribution in [3.63, 3.8) is 0 Å². The van der Waals surface area contributed by atoms with Gasteiger partial charge in [0.1, 0.15) is 13.2 Å². The van der Waals surface area contributed by atoms with E-state index in [4.69, 9.17) is 4.74 Å². The normalized spacial score (nSPS) is 11.3. The van der Waals surface area contributed by atoms with Crippen molar-refractivity contribution in [3.05, 3.63) is 35.9 Å². The molecular formula is C17H28NO2+. The summed E-state index contributed by atoms with van der Waals surface area (Å²) in [5.74, 6) is -0.215. The van der Waals surface area contributed by atoms with Crippen molar-refractivity contribution >= 4 is 5.97 Å². The summed E-state index contributed by atoms with van der Waals surface area (Å²) in [5.41, 5.74) is 0.632. The molecule has 0 atom stereocenters. The highest BCUT2D eigenvalue weighted by Crippen LogP contribution is 2.10. The number of quaternary nitrogens is 1. The van der Waals surface area contributed by atoms with Crippen LogP contribution >= 0.6 is 0 Å². The number of nitrogens with zero attached hydrogens (tertiary/aromatic N) is 1. The number of benzene rings is 1. The highest BCUT2D eigenvalue weighted by molar-refractivity contribution is 5.89. The second-order valence-corrected chi connectivity index (χ2v) is 5.33. The van der Waals surface area contributed by atoms with Gasteiger partial charge in [-0.05, 0) is 31.9 Å². The SMILES string of the molecule is CCC[N+](CC)(CCC)CCOC(=O)c1ccccc1. The molecule has 0 saturated heterocycles. The fraction of sp³-hybridized carbons (Fsp3) is 0.588. The Hall–Kier alpha value is -1.35. The number of likely N-dealkylation sites (N-methyl/N-ethyl adjacent to an activating group) is 1. The molecule has 0 spiro atoms. The van der Waals surface area contributed by atoms with Gasteiger partial charge in [0.25, 0.3) is 0 Å². The van der Waals surface area contributed by atoms with E-state index in [9.17, 15) is 4.79 Å². The van der Waals surface area contributed by atoms with Gasteiger partial charge in [0.2, 0.25) is 0 Å². The standard InChI is InChI=1S/C17H28NO2/c1-4-12-18(6-3,13-5-2)14-15-20-17(19)16-10-8-7-9-11-16/h7-11H,4-6,12-15H2,1-3H3/q+1. The molecule has 1 rings (SSSR count). The van der Waals surface area contributed by atoms with Crippen LogP contribution in [0.25, 0.3) is 0 Å². The Morgan fingerprint density at radius 1 is 1.00 bits per heavy atom. The molecule has 1 aromatic carbocycles. The monoisotopic (exact) mass is 278 g/mol. The smallest absolute Gasteiger partial charge is 0.338 e. The van der Waals surface area contributed by atoms with Gasteiger partial charge in [-0.25, -0.2) is 4.79 Å².